The second kappa shape index (κ2) is 7.04. The first kappa shape index (κ1) is 15.9. The van der Waals surface area contributed by atoms with Crippen molar-refractivity contribution in [1.82, 2.24) is 4.90 Å². The summed E-state index contributed by atoms with van der Waals surface area (Å²) < 4.78 is 5.81. The highest BCUT2D eigenvalue weighted by Gasteiger charge is 2.37. The van der Waals surface area contributed by atoms with Crippen LogP contribution in [0.4, 0.5) is 0 Å². The first-order valence-corrected chi connectivity index (χ1v) is 8.66. The Balaban J connectivity index is 1.65. The standard InChI is InChI=1S/C19H24N2O2/c1-14(23-17-10-8-15(13-20)9-11-17)19(22)21-12-4-6-16-5-2-3-7-18(16)21/h8-11,14,16,18H,2-7,12H2,1H3/t14-,16+,18-/m0/s1. The van der Waals surface area contributed by atoms with E-state index in [-0.39, 0.29) is 5.91 Å². The molecule has 1 aromatic rings. The Hall–Kier alpha value is -2.02. The second-order valence-corrected chi connectivity index (χ2v) is 6.68. The van der Waals surface area contributed by atoms with Gasteiger partial charge >= 0.3 is 0 Å². The third-order valence-corrected chi connectivity index (χ3v) is 5.17. The molecule has 1 aliphatic carbocycles. The molecule has 3 rings (SSSR count). The molecule has 1 amide bonds. The zero-order chi connectivity index (χ0) is 16.2. The van der Waals surface area contributed by atoms with Crippen LogP contribution >= 0.6 is 0 Å². The molecule has 1 saturated heterocycles. The third-order valence-electron chi connectivity index (χ3n) is 5.17. The predicted molar refractivity (Wildman–Crippen MR) is 87.9 cm³/mol. The number of benzene rings is 1. The first-order chi connectivity index (χ1) is 11.2. The van der Waals surface area contributed by atoms with Crippen molar-refractivity contribution in [2.75, 3.05) is 6.54 Å². The quantitative estimate of drug-likeness (QED) is 0.858. The topological polar surface area (TPSA) is 53.3 Å². The Kier molecular flexibility index (Phi) is 4.85. The molecule has 2 fully saturated rings. The molecule has 1 aromatic carbocycles. The van der Waals surface area contributed by atoms with Crippen LogP contribution in [0.1, 0.15) is 51.0 Å². The maximum Gasteiger partial charge on any atom is 0.263 e. The summed E-state index contributed by atoms with van der Waals surface area (Å²) in [4.78, 5) is 14.9. The van der Waals surface area contributed by atoms with Crippen molar-refractivity contribution >= 4 is 5.91 Å². The molecule has 0 bridgehead atoms. The van der Waals surface area contributed by atoms with E-state index in [9.17, 15) is 4.79 Å². The summed E-state index contributed by atoms with van der Waals surface area (Å²) in [5, 5.41) is 8.83. The second-order valence-electron chi connectivity index (χ2n) is 6.68. The Morgan fingerprint density at radius 2 is 1.91 bits per heavy atom. The molecule has 0 radical (unpaired) electrons. The molecule has 3 atom stereocenters. The zero-order valence-corrected chi connectivity index (χ0v) is 13.7. The molecular formula is C19H24N2O2. The van der Waals surface area contributed by atoms with Crippen LogP contribution in [0.2, 0.25) is 0 Å². The maximum atomic E-state index is 12.8. The van der Waals surface area contributed by atoms with Gasteiger partial charge in [0.15, 0.2) is 6.10 Å². The summed E-state index contributed by atoms with van der Waals surface area (Å²) in [5.74, 6) is 1.43. The summed E-state index contributed by atoms with van der Waals surface area (Å²) in [6.45, 7) is 2.69. The van der Waals surface area contributed by atoms with Crippen molar-refractivity contribution in [3.05, 3.63) is 29.8 Å². The van der Waals surface area contributed by atoms with Crippen LogP contribution in [0, 0.1) is 17.2 Å². The van der Waals surface area contributed by atoms with Crippen LogP contribution in [0.5, 0.6) is 5.75 Å². The predicted octanol–water partition coefficient (Wildman–Crippen LogP) is 3.51. The van der Waals surface area contributed by atoms with Gasteiger partial charge in [-0.3, -0.25) is 4.79 Å². The lowest BCUT2D eigenvalue weighted by atomic mass is 9.78. The molecular weight excluding hydrogens is 288 g/mol. The van der Waals surface area contributed by atoms with Crippen LogP contribution in [0.25, 0.3) is 0 Å². The average molecular weight is 312 g/mol. The number of carbonyl (C=O) groups is 1. The Labute approximate surface area is 138 Å². The van der Waals surface area contributed by atoms with Gasteiger partial charge in [0.2, 0.25) is 0 Å². The Morgan fingerprint density at radius 1 is 1.22 bits per heavy atom. The number of nitriles is 1. The van der Waals surface area contributed by atoms with Crippen LogP contribution in [0.3, 0.4) is 0 Å². The third kappa shape index (κ3) is 3.50. The molecule has 0 spiro atoms. The molecule has 2 aliphatic rings. The number of carbonyl (C=O) groups excluding carboxylic acids is 1. The number of likely N-dealkylation sites (tertiary alicyclic amines) is 1. The molecule has 122 valence electrons. The van der Waals surface area contributed by atoms with Crippen LogP contribution in [0.15, 0.2) is 24.3 Å². The van der Waals surface area contributed by atoms with Gasteiger partial charge in [0.1, 0.15) is 5.75 Å². The fourth-order valence-corrected chi connectivity index (χ4v) is 3.99. The molecule has 4 heteroatoms. The number of ether oxygens (including phenoxy) is 1. The fourth-order valence-electron chi connectivity index (χ4n) is 3.99. The summed E-state index contributed by atoms with van der Waals surface area (Å²) >= 11 is 0. The summed E-state index contributed by atoms with van der Waals surface area (Å²) in [6.07, 6.45) is 6.83. The minimum atomic E-state index is -0.483. The highest BCUT2D eigenvalue weighted by molar-refractivity contribution is 5.81. The molecule has 4 nitrogen and oxygen atoms in total. The Morgan fingerprint density at radius 3 is 2.65 bits per heavy atom. The first-order valence-electron chi connectivity index (χ1n) is 8.66. The van der Waals surface area contributed by atoms with Gasteiger partial charge in [0.05, 0.1) is 11.6 Å². The van der Waals surface area contributed by atoms with Gasteiger partial charge in [-0.1, -0.05) is 12.8 Å². The van der Waals surface area contributed by atoms with Crippen LogP contribution in [-0.4, -0.2) is 29.5 Å². The summed E-state index contributed by atoms with van der Waals surface area (Å²) in [5.41, 5.74) is 0.595. The number of nitrogens with zero attached hydrogens (tertiary/aromatic N) is 2. The van der Waals surface area contributed by atoms with Crippen molar-refractivity contribution in [3.8, 4) is 11.8 Å². The SMILES string of the molecule is C[C@H](Oc1ccc(C#N)cc1)C(=O)N1CCC[C@H]2CCCC[C@@H]21. The van der Waals surface area contributed by atoms with Gasteiger partial charge in [-0.25, -0.2) is 0 Å². The van der Waals surface area contributed by atoms with Gasteiger partial charge < -0.3 is 9.64 Å². The summed E-state index contributed by atoms with van der Waals surface area (Å²) in [7, 11) is 0. The van der Waals surface area contributed by atoms with Crippen LogP contribution in [-0.2, 0) is 4.79 Å². The van der Waals surface area contributed by atoms with E-state index in [0.717, 1.165) is 19.4 Å². The van der Waals surface area contributed by atoms with E-state index in [1.54, 1.807) is 24.3 Å². The minimum absolute atomic E-state index is 0.103. The number of fused-ring (bicyclic) bond motifs is 1. The molecule has 0 aromatic heterocycles. The minimum Gasteiger partial charge on any atom is -0.481 e. The van der Waals surface area contributed by atoms with E-state index in [4.69, 9.17) is 10.00 Å². The van der Waals surface area contributed by atoms with E-state index in [1.165, 1.54) is 25.7 Å². The van der Waals surface area contributed by atoms with Crippen molar-refractivity contribution in [1.29, 1.82) is 5.26 Å². The van der Waals surface area contributed by atoms with Gasteiger partial charge in [0.25, 0.3) is 5.91 Å². The van der Waals surface area contributed by atoms with Gasteiger partial charge in [-0.05, 0) is 62.8 Å². The van der Waals surface area contributed by atoms with E-state index in [1.807, 2.05) is 6.92 Å². The monoisotopic (exact) mass is 312 g/mol. The van der Waals surface area contributed by atoms with Crippen LogP contribution < -0.4 is 4.74 Å². The van der Waals surface area contributed by atoms with Crippen molar-refractivity contribution in [2.24, 2.45) is 5.92 Å². The lowest BCUT2D eigenvalue weighted by Gasteiger charge is -2.44. The zero-order valence-electron chi connectivity index (χ0n) is 13.7. The molecule has 1 aliphatic heterocycles. The smallest absolute Gasteiger partial charge is 0.263 e. The lowest BCUT2D eigenvalue weighted by molar-refractivity contribution is -0.144. The number of hydrogen-bond donors (Lipinski definition) is 0. The van der Waals surface area contributed by atoms with E-state index in [2.05, 4.69) is 11.0 Å². The van der Waals surface area contributed by atoms with E-state index >= 15 is 0 Å². The fraction of sp³-hybridized carbons (Fsp3) is 0.579. The lowest BCUT2D eigenvalue weighted by Crippen LogP contribution is -2.53. The number of hydrogen-bond acceptors (Lipinski definition) is 3. The largest absolute Gasteiger partial charge is 0.481 e. The van der Waals surface area contributed by atoms with Gasteiger partial charge in [-0.15, -0.1) is 0 Å². The maximum absolute atomic E-state index is 12.8. The molecule has 0 unspecified atom stereocenters. The molecule has 1 saturated carbocycles. The number of rotatable bonds is 3. The summed E-state index contributed by atoms with van der Waals surface area (Å²) in [6, 6.07) is 9.43. The van der Waals surface area contributed by atoms with Gasteiger partial charge in [-0.2, -0.15) is 5.26 Å². The molecule has 23 heavy (non-hydrogen) atoms. The van der Waals surface area contributed by atoms with E-state index < -0.39 is 6.10 Å². The normalized spacial score (nSPS) is 25.1. The highest BCUT2D eigenvalue weighted by atomic mass is 16.5. The van der Waals surface area contributed by atoms with Crippen molar-refractivity contribution < 1.29 is 9.53 Å². The Bertz CT molecular complexity index is 588. The average Bonchev–Trinajstić information content (AvgIpc) is 2.61. The van der Waals surface area contributed by atoms with Gasteiger partial charge in [0, 0.05) is 12.6 Å². The highest BCUT2D eigenvalue weighted by Crippen LogP contribution is 2.35. The van der Waals surface area contributed by atoms with E-state index in [0.29, 0.717) is 23.3 Å². The number of amides is 1. The molecule has 0 N–H and O–H groups in total. The number of piperidine rings is 1. The van der Waals surface area contributed by atoms with Crippen molar-refractivity contribution in [3.63, 3.8) is 0 Å². The molecule has 1 heterocycles. The van der Waals surface area contributed by atoms with Crippen molar-refractivity contribution in [2.45, 2.75) is 57.6 Å².